The Morgan fingerprint density at radius 2 is 2.24 bits per heavy atom. The molecule has 4 N–H and O–H groups in total. The summed E-state index contributed by atoms with van der Waals surface area (Å²) >= 11 is 0. The molecule has 1 saturated heterocycles. The average Bonchev–Trinajstić information content (AvgIpc) is 2.84. The summed E-state index contributed by atoms with van der Waals surface area (Å²) < 4.78 is 32.0. The molecule has 8 heteroatoms. The molecule has 0 unspecified atom stereocenters. The smallest absolute Gasteiger partial charge is 0.258 e. The molecule has 0 aliphatic carbocycles. The van der Waals surface area contributed by atoms with Crippen molar-refractivity contribution in [3.8, 4) is 0 Å². The summed E-state index contributed by atoms with van der Waals surface area (Å²) in [5.41, 5.74) is 5.08. The number of nitrogens with one attached hydrogen (secondary N) is 2. The van der Waals surface area contributed by atoms with Gasteiger partial charge >= 0.3 is 0 Å². The van der Waals surface area contributed by atoms with Crippen molar-refractivity contribution < 1.29 is 13.2 Å². The maximum absolute atomic E-state index is 12.0. The minimum Gasteiger partial charge on any atom is -0.381 e. The molecule has 96 valence electrons. The molecule has 2 heterocycles. The number of rotatable bonds is 4. The molecule has 0 amide bonds. The van der Waals surface area contributed by atoms with Crippen molar-refractivity contribution in [1.82, 2.24) is 14.7 Å². The normalized spacial score (nSPS) is 20.3. The molecule has 1 aliphatic heterocycles. The summed E-state index contributed by atoms with van der Waals surface area (Å²) in [5.74, 6) is 0. The summed E-state index contributed by atoms with van der Waals surface area (Å²) in [7, 11) is -3.59. The van der Waals surface area contributed by atoms with Crippen LogP contribution in [-0.2, 0) is 14.8 Å². The van der Waals surface area contributed by atoms with Gasteiger partial charge in [-0.2, -0.15) is 0 Å². The first-order valence-corrected chi connectivity index (χ1v) is 6.86. The molecule has 2 rings (SSSR count). The van der Waals surface area contributed by atoms with Crippen LogP contribution in [0.25, 0.3) is 0 Å². The van der Waals surface area contributed by atoms with Crippen LogP contribution in [0.3, 0.4) is 0 Å². The second-order valence-electron chi connectivity index (χ2n) is 4.12. The van der Waals surface area contributed by atoms with Crippen LogP contribution < -0.4 is 10.5 Å². The Balaban J connectivity index is 2.19. The van der Waals surface area contributed by atoms with E-state index in [1.54, 1.807) is 0 Å². The Kier molecular flexibility index (Phi) is 3.48. The highest BCUT2D eigenvalue weighted by atomic mass is 32.2. The van der Waals surface area contributed by atoms with Crippen LogP contribution >= 0.6 is 0 Å². The fraction of sp³-hybridized carbons (Fsp3) is 0.667. The lowest BCUT2D eigenvalue weighted by Gasteiger charge is -2.36. The first kappa shape index (κ1) is 12.5. The number of nitrogens with zero attached hydrogens (tertiary/aromatic N) is 1. The molecular formula is C9H16N4O3S. The fourth-order valence-electron chi connectivity index (χ4n) is 1.84. The fourth-order valence-corrected chi connectivity index (χ4v) is 3.22. The predicted octanol–water partition coefficient (Wildman–Crippen LogP) is -0.804. The molecule has 0 spiro atoms. The number of hydrogen-bond donors (Lipinski definition) is 3. The van der Waals surface area contributed by atoms with Crippen LogP contribution in [0.15, 0.2) is 17.6 Å². The van der Waals surface area contributed by atoms with Gasteiger partial charge < -0.3 is 15.5 Å². The van der Waals surface area contributed by atoms with E-state index in [0.29, 0.717) is 26.1 Å². The zero-order chi connectivity index (χ0) is 12.4. The second kappa shape index (κ2) is 4.73. The first-order valence-electron chi connectivity index (χ1n) is 5.38. The van der Waals surface area contributed by atoms with E-state index in [-0.39, 0.29) is 11.6 Å². The van der Waals surface area contributed by atoms with Crippen molar-refractivity contribution in [2.45, 2.75) is 23.4 Å². The number of nitrogens with two attached hydrogens (primary N) is 1. The third-order valence-corrected chi connectivity index (χ3v) is 4.46. The van der Waals surface area contributed by atoms with Crippen molar-refractivity contribution >= 4 is 10.0 Å². The maximum atomic E-state index is 12.0. The monoisotopic (exact) mass is 260 g/mol. The lowest BCUT2D eigenvalue weighted by atomic mass is 9.92. The van der Waals surface area contributed by atoms with E-state index in [9.17, 15) is 8.42 Å². The molecule has 0 saturated carbocycles. The van der Waals surface area contributed by atoms with Gasteiger partial charge in [-0.05, 0) is 12.8 Å². The van der Waals surface area contributed by atoms with Gasteiger partial charge in [0.1, 0.15) is 0 Å². The van der Waals surface area contributed by atoms with E-state index >= 15 is 0 Å². The number of sulfonamides is 1. The summed E-state index contributed by atoms with van der Waals surface area (Å²) in [6.07, 6.45) is 3.76. The van der Waals surface area contributed by atoms with Gasteiger partial charge in [0, 0.05) is 25.3 Å². The van der Waals surface area contributed by atoms with Gasteiger partial charge in [0.25, 0.3) is 10.0 Å². The SMILES string of the molecule is NCC1(NS(=O)(=O)c2cnc[nH]2)CCOCC1. The van der Waals surface area contributed by atoms with Crippen molar-refractivity contribution in [3.05, 3.63) is 12.5 Å². The van der Waals surface area contributed by atoms with Crippen molar-refractivity contribution in [2.24, 2.45) is 5.73 Å². The molecule has 0 radical (unpaired) electrons. The Labute approximate surface area is 99.8 Å². The number of hydrogen-bond acceptors (Lipinski definition) is 5. The summed E-state index contributed by atoms with van der Waals surface area (Å²) in [6, 6.07) is 0. The van der Waals surface area contributed by atoms with Gasteiger partial charge in [0.15, 0.2) is 5.03 Å². The summed E-state index contributed by atoms with van der Waals surface area (Å²) in [4.78, 5) is 6.27. The van der Waals surface area contributed by atoms with E-state index in [2.05, 4.69) is 14.7 Å². The minimum absolute atomic E-state index is 0.0526. The Morgan fingerprint density at radius 1 is 1.53 bits per heavy atom. The highest BCUT2D eigenvalue weighted by Gasteiger charge is 2.36. The van der Waals surface area contributed by atoms with Crippen LogP contribution in [0.5, 0.6) is 0 Å². The molecule has 17 heavy (non-hydrogen) atoms. The molecule has 7 nitrogen and oxygen atoms in total. The molecule has 1 aromatic rings. The molecule has 1 aromatic heterocycles. The van der Waals surface area contributed by atoms with Gasteiger partial charge in [-0.3, -0.25) is 0 Å². The lowest BCUT2D eigenvalue weighted by molar-refractivity contribution is 0.0501. The average molecular weight is 260 g/mol. The highest BCUT2D eigenvalue weighted by molar-refractivity contribution is 7.89. The van der Waals surface area contributed by atoms with E-state index in [0.717, 1.165) is 0 Å². The van der Waals surface area contributed by atoms with Crippen LogP contribution in [0, 0.1) is 0 Å². The molecule has 0 bridgehead atoms. The minimum atomic E-state index is -3.59. The quantitative estimate of drug-likeness (QED) is 0.656. The van der Waals surface area contributed by atoms with Gasteiger partial charge in [0.2, 0.25) is 0 Å². The van der Waals surface area contributed by atoms with Crippen molar-refractivity contribution in [2.75, 3.05) is 19.8 Å². The first-order chi connectivity index (χ1) is 8.08. The number of imidazole rings is 1. The van der Waals surface area contributed by atoms with Gasteiger partial charge in [-0.1, -0.05) is 0 Å². The standard InChI is InChI=1S/C9H16N4O3S/c10-6-9(1-3-16-4-2-9)13-17(14,15)8-5-11-7-12-8/h5,7,13H,1-4,6,10H2,(H,11,12). The summed E-state index contributed by atoms with van der Waals surface area (Å²) in [5, 5.41) is 0.0526. The third-order valence-electron chi connectivity index (χ3n) is 2.95. The number of aromatic amines is 1. The lowest BCUT2D eigenvalue weighted by Crippen LogP contribution is -2.56. The number of ether oxygens (including phenoxy) is 1. The van der Waals surface area contributed by atoms with E-state index < -0.39 is 15.6 Å². The molecule has 1 aliphatic rings. The van der Waals surface area contributed by atoms with Crippen molar-refractivity contribution in [3.63, 3.8) is 0 Å². The third kappa shape index (κ3) is 2.65. The van der Waals surface area contributed by atoms with Gasteiger partial charge in [-0.15, -0.1) is 0 Å². The topological polar surface area (TPSA) is 110 Å². The molecular weight excluding hydrogens is 244 g/mol. The van der Waals surface area contributed by atoms with Crippen LogP contribution in [0.2, 0.25) is 0 Å². The Morgan fingerprint density at radius 3 is 2.76 bits per heavy atom. The largest absolute Gasteiger partial charge is 0.381 e. The van der Waals surface area contributed by atoms with E-state index in [4.69, 9.17) is 10.5 Å². The number of aromatic nitrogens is 2. The van der Waals surface area contributed by atoms with Crippen LogP contribution in [-0.4, -0.2) is 43.7 Å². The maximum Gasteiger partial charge on any atom is 0.258 e. The van der Waals surface area contributed by atoms with Gasteiger partial charge in [-0.25, -0.2) is 18.1 Å². The summed E-state index contributed by atoms with van der Waals surface area (Å²) in [6.45, 7) is 1.29. The highest BCUT2D eigenvalue weighted by Crippen LogP contribution is 2.21. The van der Waals surface area contributed by atoms with Crippen LogP contribution in [0.4, 0.5) is 0 Å². The molecule has 1 fully saturated rings. The molecule has 0 aromatic carbocycles. The van der Waals surface area contributed by atoms with E-state index in [1.807, 2.05) is 0 Å². The van der Waals surface area contributed by atoms with E-state index in [1.165, 1.54) is 12.5 Å². The predicted molar refractivity (Wildman–Crippen MR) is 60.7 cm³/mol. The number of H-pyrrole nitrogens is 1. The Bertz CT molecular complexity index is 451. The second-order valence-corrected chi connectivity index (χ2v) is 5.77. The van der Waals surface area contributed by atoms with Crippen LogP contribution in [0.1, 0.15) is 12.8 Å². The van der Waals surface area contributed by atoms with Crippen molar-refractivity contribution in [1.29, 1.82) is 0 Å². The Hall–Kier alpha value is -0.960. The van der Waals surface area contributed by atoms with Gasteiger partial charge in [0.05, 0.1) is 12.5 Å². The zero-order valence-corrected chi connectivity index (χ0v) is 10.2. The zero-order valence-electron chi connectivity index (χ0n) is 9.35. The molecule has 0 atom stereocenters.